The lowest BCUT2D eigenvalue weighted by Gasteiger charge is -2.18. The average Bonchev–Trinajstić information content (AvgIpc) is 2.18. The molecular weight excluding hydrogens is 224 g/mol. The number of hydrogen-bond donors (Lipinski definition) is 1. The monoisotopic (exact) mass is 232 g/mol. The first-order chi connectivity index (χ1) is 7.36. The molecular formula is C10H8F4N2. The summed E-state index contributed by atoms with van der Waals surface area (Å²) >= 11 is 0. The van der Waals surface area contributed by atoms with Gasteiger partial charge in [-0.3, -0.25) is 0 Å². The normalized spacial score (nSPS) is 13.2. The summed E-state index contributed by atoms with van der Waals surface area (Å²) in [7, 11) is 0. The highest BCUT2D eigenvalue weighted by molar-refractivity contribution is 5.33. The molecule has 1 rings (SSSR count). The van der Waals surface area contributed by atoms with E-state index in [-0.39, 0.29) is 12.0 Å². The maximum Gasteiger partial charge on any atom is 0.407 e. The largest absolute Gasteiger partial charge is 0.407 e. The van der Waals surface area contributed by atoms with Crippen molar-refractivity contribution in [3.8, 4) is 6.07 Å². The van der Waals surface area contributed by atoms with E-state index in [1.54, 1.807) is 6.07 Å². The van der Waals surface area contributed by atoms with Crippen LogP contribution in [0.25, 0.3) is 0 Å². The van der Waals surface area contributed by atoms with Gasteiger partial charge in [-0.15, -0.1) is 0 Å². The molecule has 0 bridgehead atoms. The van der Waals surface area contributed by atoms with Crippen LogP contribution in [0.4, 0.5) is 17.6 Å². The third kappa shape index (κ3) is 2.70. The molecule has 86 valence electrons. The average molecular weight is 232 g/mol. The molecule has 0 spiro atoms. The predicted octanol–water partition coefficient (Wildman–Crippen LogP) is 2.45. The number of alkyl halides is 3. The van der Waals surface area contributed by atoms with Crippen molar-refractivity contribution in [3.05, 3.63) is 35.1 Å². The Morgan fingerprint density at radius 3 is 2.50 bits per heavy atom. The molecule has 16 heavy (non-hydrogen) atoms. The lowest BCUT2D eigenvalue weighted by Crippen LogP contribution is -2.29. The van der Waals surface area contributed by atoms with Crippen molar-refractivity contribution in [1.82, 2.24) is 0 Å². The minimum Gasteiger partial charge on any atom is -0.316 e. The molecule has 0 aliphatic carbocycles. The van der Waals surface area contributed by atoms with Gasteiger partial charge >= 0.3 is 6.18 Å². The van der Waals surface area contributed by atoms with Gasteiger partial charge in [0.15, 0.2) is 0 Å². The van der Waals surface area contributed by atoms with Crippen LogP contribution < -0.4 is 5.73 Å². The summed E-state index contributed by atoms with van der Waals surface area (Å²) in [4.78, 5) is 0. The summed E-state index contributed by atoms with van der Waals surface area (Å²) in [6.45, 7) is 0. The Labute approximate surface area is 89.3 Å². The van der Waals surface area contributed by atoms with E-state index in [4.69, 9.17) is 11.0 Å². The quantitative estimate of drug-likeness (QED) is 0.796. The van der Waals surface area contributed by atoms with Crippen molar-refractivity contribution in [1.29, 1.82) is 5.26 Å². The fraction of sp³-hybridized carbons (Fsp3) is 0.300. The van der Waals surface area contributed by atoms with Gasteiger partial charge in [0.2, 0.25) is 0 Å². The summed E-state index contributed by atoms with van der Waals surface area (Å²) in [5.41, 5.74) is 4.67. The van der Waals surface area contributed by atoms with Gasteiger partial charge in [-0.1, -0.05) is 6.07 Å². The Hall–Kier alpha value is -1.61. The molecule has 1 atom stereocenters. The van der Waals surface area contributed by atoms with Gasteiger partial charge in [-0.2, -0.15) is 18.4 Å². The fourth-order valence-electron chi connectivity index (χ4n) is 1.28. The summed E-state index contributed by atoms with van der Waals surface area (Å²) < 4.78 is 49.9. The molecule has 6 heteroatoms. The topological polar surface area (TPSA) is 49.8 Å². The molecule has 0 amide bonds. The van der Waals surface area contributed by atoms with Crippen LogP contribution in [0, 0.1) is 17.1 Å². The summed E-state index contributed by atoms with van der Waals surface area (Å²) in [6.07, 6.45) is -4.89. The second-order valence-corrected chi connectivity index (χ2v) is 3.20. The third-order valence-electron chi connectivity index (χ3n) is 2.07. The Bertz CT molecular complexity index is 420. The molecule has 0 aromatic heterocycles. The zero-order valence-electron chi connectivity index (χ0n) is 8.05. The van der Waals surface area contributed by atoms with Crippen LogP contribution >= 0.6 is 0 Å². The van der Waals surface area contributed by atoms with Gasteiger partial charge in [0.1, 0.15) is 11.9 Å². The fourth-order valence-corrected chi connectivity index (χ4v) is 1.28. The van der Waals surface area contributed by atoms with E-state index in [1.807, 2.05) is 0 Å². The van der Waals surface area contributed by atoms with Crippen molar-refractivity contribution in [2.24, 2.45) is 5.73 Å². The van der Waals surface area contributed by atoms with Crippen molar-refractivity contribution < 1.29 is 17.6 Å². The molecule has 0 radical (unpaired) electrons. The number of benzene rings is 1. The standard InChI is InChI=1S/C10H8F4N2/c11-7-2-1-6(3-4-15)8(5-7)9(16)10(12,13)14/h1-2,5,9H,3,16H2/t9-/m0/s1. The van der Waals surface area contributed by atoms with E-state index in [1.165, 1.54) is 0 Å². The van der Waals surface area contributed by atoms with E-state index in [0.717, 1.165) is 12.1 Å². The third-order valence-corrected chi connectivity index (χ3v) is 2.07. The molecule has 1 aromatic rings. The van der Waals surface area contributed by atoms with Crippen LogP contribution in [0.5, 0.6) is 0 Å². The van der Waals surface area contributed by atoms with E-state index in [2.05, 4.69) is 0 Å². The minimum atomic E-state index is -4.65. The first-order valence-corrected chi connectivity index (χ1v) is 4.34. The van der Waals surface area contributed by atoms with Crippen LogP contribution in [-0.2, 0) is 6.42 Å². The second-order valence-electron chi connectivity index (χ2n) is 3.20. The molecule has 0 aliphatic rings. The van der Waals surface area contributed by atoms with E-state index in [0.29, 0.717) is 6.07 Å². The Balaban J connectivity index is 3.20. The Morgan fingerprint density at radius 1 is 1.38 bits per heavy atom. The van der Waals surface area contributed by atoms with Gasteiger partial charge in [-0.25, -0.2) is 4.39 Å². The first kappa shape index (κ1) is 12.5. The number of nitrogens with zero attached hydrogens (tertiary/aromatic N) is 1. The maximum atomic E-state index is 12.8. The van der Waals surface area contributed by atoms with Crippen LogP contribution in [0.15, 0.2) is 18.2 Å². The zero-order valence-corrected chi connectivity index (χ0v) is 8.05. The maximum absolute atomic E-state index is 12.8. The number of nitrogens with two attached hydrogens (primary N) is 1. The summed E-state index contributed by atoms with van der Waals surface area (Å²) in [5, 5.41) is 8.43. The second kappa shape index (κ2) is 4.49. The highest BCUT2D eigenvalue weighted by atomic mass is 19.4. The van der Waals surface area contributed by atoms with Gasteiger partial charge in [0.05, 0.1) is 12.5 Å². The molecule has 0 saturated heterocycles. The lowest BCUT2D eigenvalue weighted by molar-refractivity contribution is -0.149. The number of nitriles is 1. The summed E-state index contributed by atoms with van der Waals surface area (Å²) in [5.74, 6) is -0.809. The highest BCUT2D eigenvalue weighted by Gasteiger charge is 2.39. The molecule has 0 fully saturated rings. The van der Waals surface area contributed by atoms with Crippen molar-refractivity contribution in [2.45, 2.75) is 18.6 Å². The minimum absolute atomic E-state index is 0.0914. The zero-order chi connectivity index (χ0) is 12.3. The van der Waals surface area contributed by atoms with Gasteiger partial charge in [0.25, 0.3) is 0 Å². The Morgan fingerprint density at radius 2 is 2.00 bits per heavy atom. The SMILES string of the molecule is N#CCc1ccc(F)cc1[C@H](N)C(F)(F)F. The molecule has 0 aliphatic heterocycles. The van der Waals surface area contributed by atoms with Crippen LogP contribution in [0.2, 0.25) is 0 Å². The Kier molecular flexibility index (Phi) is 3.50. The summed E-state index contributed by atoms with van der Waals surface area (Å²) in [6, 6.07) is 2.28. The lowest BCUT2D eigenvalue weighted by atomic mass is 9.98. The smallest absolute Gasteiger partial charge is 0.316 e. The van der Waals surface area contributed by atoms with Gasteiger partial charge in [-0.05, 0) is 23.3 Å². The van der Waals surface area contributed by atoms with Crippen molar-refractivity contribution in [2.75, 3.05) is 0 Å². The first-order valence-electron chi connectivity index (χ1n) is 4.34. The molecule has 1 aromatic carbocycles. The highest BCUT2D eigenvalue weighted by Crippen LogP contribution is 2.32. The van der Waals surface area contributed by atoms with Crippen LogP contribution in [-0.4, -0.2) is 6.18 Å². The predicted molar refractivity (Wildman–Crippen MR) is 48.7 cm³/mol. The molecule has 0 saturated carbocycles. The molecule has 2 N–H and O–H groups in total. The van der Waals surface area contributed by atoms with Gasteiger partial charge < -0.3 is 5.73 Å². The molecule has 0 heterocycles. The molecule has 0 unspecified atom stereocenters. The molecule has 2 nitrogen and oxygen atoms in total. The van der Waals surface area contributed by atoms with Crippen LogP contribution in [0.1, 0.15) is 17.2 Å². The van der Waals surface area contributed by atoms with E-state index >= 15 is 0 Å². The number of rotatable bonds is 2. The number of hydrogen-bond acceptors (Lipinski definition) is 2. The number of halogens is 4. The van der Waals surface area contributed by atoms with E-state index < -0.39 is 23.6 Å². The van der Waals surface area contributed by atoms with Crippen molar-refractivity contribution >= 4 is 0 Å². The van der Waals surface area contributed by atoms with Crippen LogP contribution in [0.3, 0.4) is 0 Å². The van der Waals surface area contributed by atoms with Crippen molar-refractivity contribution in [3.63, 3.8) is 0 Å². The van der Waals surface area contributed by atoms with E-state index in [9.17, 15) is 17.6 Å². The van der Waals surface area contributed by atoms with Gasteiger partial charge in [0, 0.05) is 0 Å².